The first-order valence-electron chi connectivity index (χ1n) is 7.30. The van der Waals surface area contributed by atoms with Gasteiger partial charge in [0.15, 0.2) is 0 Å². The average Bonchev–Trinajstić information content (AvgIpc) is 2.58. The second-order valence-electron chi connectivity index (χ2n) is 5.11. The van der Waals surface area contributed by atoms with Gasteiger partial charge in [0, 0.05) is 25.0 Å². The SMILES string of the molecule is O=C(NCCn1ncc2ccccc2c1=O)[C@H]1CNCCO1. The van der Waals surface area contributed by atoms with Gasteiger partial charge in [-0.3, -0.25) is 9.59 Å². The second-order valence-corrected chi connectivity index (χ2v) is 5.11. The van der Waals surface area contributed by atoms with E-state index in [1.165, 1.54) is 4.68 Å². The van der Waals surface area contributed by atoms with E-state index >= 15 is 0 Å². The zero-order chi connectivity index (χ0) is 15.4. The fourth-order valence-corrected chi connectivity index (χ4v) is 2.42. The molecule has 0 unspecified atom stereocenters. The van der Waals surface area contributed by atoms with Crippen molar-refractivity contribution in [1.29, 1.82) is 0 Å². The number of benzene rings is 1. The number of nitrogens with one attached hydrogen (secondary N) is 2. The number of nitrogens with zero attached hydrogens (tertiary/aromatic N) is 2. The van der Waals surface area contributed by atoms with E-state index in [0.717, 1.165) is 11.9 Å². The Kier molecular flexibility index (Phi) is 4.45. The van der Waals surface area contributed by atoms with Crippen molar-refractivity contribution in [3.63, 3.8) is 0 Å². The smallest absolute Gasteiger partial charge is 0.274 e. The van der Waals surface area contributed by atoms with Crippen LogP contribution in [0, 0.1) is 0 Å². The Hall–Kier alpha value is -2.25. The molecule has 1 aliphatic heterocycles. The molecule has 2 aromatic rings. The highest BCUT2D eigenvalue weighted by Gasteiger charge is 2.21. The zero-order valence-corrected chi connectivity index (χ0v) is 12.1. The van der Waals surface area contributed by atoms with Gasteiger partial charge in [-0.1, -0.05) is 18.2 Å². The molecular formula is C15H18N4O3. The van der Waals surface area contributed by atoms with Gasteiger partial charge in [-0.15, -0.1) is 0 Å². The van der Waals surface area contributed by atoms with E-state index in [1.54, 1.807) is 12.3 Å². The Morgan fingerprint density at radius 1 is 1.45 bits per heavy atom. The van der Waals surface area contributed by atoms with Gasteiger partial charge in [-0.2, -0.15) is 5.10 Å². The molecule has 2 N–H and O–H groups in total. The first kappa shape index (κ1) is 14.7. The van der Waals surface area contributed by atoms with E-state index in [2.05, 4.69) is 15.7 Å². The predicted molar refractivity (Wildman–Crippen MR) is 81.6 cm³/mol. The van der Waals surface area contributed by atoms with E-state index in [9.17, 15) is 9.59 Å². The van der Waals surface area contributed by atoms with Crippen molar-refractivity contribution in [1.82, 2.24) is 20.4 Å². The molecule has 1 aromatic heterocycles. The number of carbonyl (C=O) groups is 1. The van der Waals surface area contributed by atoms with Crippen molar-refractivity contribution in [2.24, 2.45) is 0 Å². The van der Waals surface area contributed by atoms with E-state index in [0.29, 0.717) is 31.6 Å². The second kappa shape index (κ2) is 6.67. The third-order valence-corrected chi connectivity index (χ3v) is 3.60. The number of morpholine rings is 1. The highest BCUT2D eigenvalue weighted by Crippen LogP contribution is 2.06. The minimum Gasteiger partial charge on any atom is -0.366 e. The fraction of sp³-hybridized carbons (Fsp3) is 0.400. The summed E-state index contributed by atoms with van der Waals surface area (Å²) in [6, 6.07) is 7.31. The molecule has 1 amide bonds. The third kappa shape index (κ3) is 3.15. The van der Waals surface area contributed by atoms with Crippen LogP contribution in [0.4, 0.5) is 0 Å². The van der Waals surface area contributed by atoms with Gasteiger partial charge in [0.1, 0.15) is 6.10 Å². The van der Waals surface area contributed by atoms with Crippen LogP contribution >= 0.6 is 0 Å². The number of aromatic nitrogens is 2. The number of rotatable bonds is 4. The minimum atomic E-state index is -0.463. The van der Waals surface area contributed by atoms with Crippen molar-refractivity contribution in [2.45, 2.75) is 12.6 Å². The number of ether oxygens (including phenoxy) is 1. The van der Waals surface area contributed by atoms with Crippen molar-refractivity contribution in [2.75, 3.05) is 26.2 Å². The fourth-order valence-electron chi connectivity index (χ4n) is 2.42. The summed E-state index contributed by atoms with van der Waals surface area (Å²) < 4.78 is 6.73. The molecule has 0 spiro atoms. The van der Waals surface area contributed by atoms with E-state index in [1.807, 2.05) is 18.2 Å². The summed E-state index contributed by atoms with van der Waals surface area (Å²) in [5.74, 6) is -0.166. The highest BCUT2D eigenvalue weighted by atomic mass is 16.5. The lowest BCUT2D eigenvalue weighted by molar-refractivity contribution is -0.134. The number of carbonyl (C=O) groups excluding carboxylic acids is 1. The summed E-state index contributed by atoms with van der Waals surface area (Å²) in [6.07, 6.45) is 1.20. The lowest BCUT2D eigenvalue weighted by atomic mass is 10.2. The number of fused-ring (bicyclic) bond motifs is 1. The maximum atomic E-state index is 12.3. The van der Waals surface area contributed by atoms with Gasteiger partial charge in [0.25, 0.3) is 11.5 Å². The van der Waals surface area contributed by atoms with Crippen LogP contribution in [0.25, 0.3) is 10.8 Å². The number of hydrogen-bond donors (Lipinski definition) is 2. The van der Waals surface area contributed by atoms with E-state index in [4.69, 9.17) is 4.74 Å². The number of amides is 1. The Bertz CT molecular complexity index is 722. The molecule has 1 aliphatic rings. The summed E-state index contributed by atoms with van der Waals surface area (Å²) in [4.78, 5) is 24.2. The summed E-state index contributed by atoms with van der Waals surface area (Å²) >= 11 is 0. The van der Waals surface area contributed by atoms with E-state index in [-0.39, 0.29) is 11.5 Å². The normalized spacial score (nSPS) is 18.3. The van der Waals surface area contributed by atoms with Gasteiger partial charge in [0.05, 0.1) is 24.7 Å². The molecule has 7 nitrogen and oxygen atoms in total. The molecule has 1 saturated heterocycles. The van der Waals surface area contributed by atoms with Crippen LogP contribution in [0.2, 0.25) is 0 Å². The van der Waals surface area contributed by atoms with Crippen LogP contribution in [0.15, 0.2) is 35.3 Å². The molecule has 22 heavy (non-hydrogen) atoms. The molecule has 0 bridgehead atoms. The molecule has 7 heteroatoms. The summed E-state index contributed by atoms with van der Waals surface area (Å²) in [5.41, 5.74) is -0.150. The average molecular weight is 302 g/mol. The van der Waals surface area contributed by atoms with Gasteiger partial charge >= 0.3 is 0 Å². The van der Waals surface area contributed by atoms with Gasteiger partial charge in [-0.25, -0.2) is 4.68 Å². The first-order valence-corrected chi connectivity index (χ1v) is 7.30. The predicted octanol–water partition coefficient (Wildman–Crippen LogP) is -0.499. The quantitative estimate of drug-likeness (QED) is 0.795. The Labute approximate surface area is 127 Å². The Morgan fingerprint density at radius 3 is 3.14 bits per heavy atom. The summed E-state index contributed by atoms with van der Waals surface area (Å²) in [6.45, 7) is 2.48. The van der Waals surface area contributed by atoms with Crippen LogP contribution in [0.3, 0.4) is 0 Å². The van der Waals surface area contributed by atoms with Crippen molar-refractivity contribution < 1.29 is 9.53 Å². The van der Waals surface area contributed by atoms with Gasteiger partial charge in [0.2, 0.25) is 0 Å². The zero-order valence-electron chi connectivity index (χ0n) is 12.1. The van der Waals surface area contributed by atoms with Gasteiger partial charge in [-0.05, 0) is 6.07 Å². The monoisotopic (exact) mass is 302 g/mol. The first-order chi connectivity index (χ1) is 10.8. The van der Waals surface area contributed by atoms with Crippen LogP contribution in [0.5, 0.6) is 0 Å². The molecule has 0 radical (unpaired) electrons. The highest BCUT2D eigenvalue weighted by molar-refractivity contribution is 5.81. The van der Waals surface area contributed by atoms with Crippen LogP contribution in [0.1, 0.15) is 0 Å². The maximum absolute atomic E-state index is 12.3. The topological polar surface area (TPSA) is 85.2 Å². The Morgan fingerprint density at radius 2 is 2.32 bits per heavy atom. The lowest BCUT2D eigenvalue weighted by Gasteiger charge is -2.22. The molecule has 0 aliphatic carbocycles. The Balaban J connectivity index is 1.61. The van der Waals surface area contributed by atoms with Crippen LogP contribution in [-0.2, 0) is 16.1 Å². The molecule has 1 atom stereocenters. The number of hydrogen-bond acceptors (Lipinski definition) is 5. The summed E-state index contributed by atoms with van der Waals surface area (Å²) in [5, 5.41) is 11.4. The molecule has 0 saturated carbocycles. The molecular weight excluding hydrogens is 284 g/mol. The van der Waals surface area contributed by atoms with Gasteiger partial charge < -0.3 is 15.4 Å². The van der Waals surface area contributed by atoms with Crippen molar-refractivity contribution >= 4 is 16.7 Å². The molecule has 3 rings (SSSR count). The van der Waals surface area contributed by atoms with Crippen LogP contribution in [-0.4, -0.2) is 48.0 Å². The van der Waals surface area contributed by atoms with Crippen molar-refractivity contribution in [3.8, 4) is 0 Å². The molecule has 116 valence electrons. The minimum absolute atomic E-state index is 0.150. The lowest BCUT2D eigenvalue weighted by Crippen LogP contribution is -2.48. The largest absolute Gasteiger partial charge is 0.366 e. The molecule has 1 aromatic carbocycles. The van der Waals surface area contributed by atoms with Crippen molar-refractivity contribution in [3.05, 3.63) is 40.8 Å². The maximum Gasteiger partial charge on any atom is 0.274 e. The molecule has 2 heterocycles. The summed E-state index contributed by atoms with van der Waals surface area (Å²) in [7, 11) is 0. The third-order valence-electron chi connectivity index (χ3n) is 3.60. The standard InChI is InChI=1S/C15H18N4O3/c20-14(13-10-16-6-8-22-13)17-5-7-19-15(21)12-4-2-1-3-11(12)9-18-19/h1-4,9,13,16H,5-8,10H2,(H,17,20)/t13-/m1/s1. The van der Waals surface area contributed by atoms with Crippen LogP contribution < -0.4 is 16.2 Å². The molecule has 1 fully saturated rings. The van der Waals surface area contributed by atoms with E-state index < -0.39 is 6.10 Å².